The molecule has 22 heavy (non-hydrogen) atoms. The molecule has 3 heterocycles. The molecule has 0 atom stereocenters. The molecule has 4 rings (SSSR count). The molecule has 0 bridgehead atoms. The highest BCUT2D eigenvalue weighted by Gasteiger charge is 2.22. The van der Waals surface area contributed by atoms with Gasteiger partial charge in [-0.3, -0.25) is 0 Å². The van der Waals surface area contributed by atoms with Crippen molar-refractivity contribution in [1.29, 1.82) is 0 Å². The molecule has 1 aromatic carbocycles. The van der Waals surface area contributed by atoms with Crippen LogP contribution in [-0.4, -0.2) is 33.0 Å². The number of fused-ring (bicyclic) bond motifs is 3. The van der Waals surface area contributed by atoms with Crippen molar-refractivity contribution in [2.45, 2.75) is 25.9 Å². The zero-order chi connectivity index (χ0) is 15.1. The number of rotatable bonds is 3. The molecule has 0 aliphatic carbocycles. The first-order valence-corrected chi connectivity index (χ1v) is 8.05. The van der Waals surface area contributed by atoms with Gasteiger partial charge in [0.2, 0.25) is 0 Å². The molecule has 0 saturated carbocycles. The van der Waals surface area contributed by atoms with E-state index in [9.17, 15) is 0 Å². The lowest BCUT2D eigenvalue weighted by Gasteiger charge is -2.24. The Labute approximate surface area is 134 Å². The summed E-state index contributed by atoms with van der Waals surface area (Å²) in [6.07, 6.45) is 5.71. The predicted octanol–water partition coefficient (Wildman–Crippen LogP) is 3.25. The molecule has 1 N–H and O–H groups in total. The van der Waals surface area contributed by atoms with Crippen molar-refractivity contribution in [3.8, 4) is 0 Å². The quantitative estimate of drug-likeness (QED) is 0.805. The van der Waals surface area contributed by atoms with Gasteiger partial charge in [0.15, 0.2) is 0 Å². The standard InChI is InChI=1S/C17H19ClN4/c1-21-6-5-17-15(10-21)14-8-12(18)2-3-16(14)22(17)7-4-13-9-19-11-20-13/h2-3,8-9,11H,4-7,10H2,1H3,(H,19,20). The number of benzene rings is 1. The summed E-state index contributed by atoms with van der Waals surface area (Å²) in [7, 11) is 2.18. The Hall–Kier alpha value is -1.78. The number of nitrogens with zero attached hydrogens (tertiary/aromatic N) is 3. The van der Waals surface area contributed by atoms with Crippen LogP contribution in [0.1, 0.15) is 17.0 Å². The van der Waals surface area contributed by atoms with Crippen LogP contribution in [0.4, 0.5) is 0 Å². The largest absolute Gasteiger partial charge is 0.348 e. The minimum atomic E-state index is 0.814. The Morgan fingerprint density at radius 3 is 3.09 bits per heavy atom. The first kappa shape index (κ1) is 13.9. The van der Waals surface area contributed by atoms with Crippen LogP contribution in [0.25, 0.3) is 10.9 Å². The third-order valence-electron chi connectivity index (χ3n) is 4.57. The molecule has 0 unspecified atom stereocenters. The molecule has 1 aliphatic heterocycles. The van der Waals surface area contributed by atoms with E-state index in [-0.39, 0.29) is 0 Å². The van der Waals surface area contributed by atoms with Crippen LogP contribution in [0.15, 0.2) is 30.7 Å². The Morgan fingerprint density at radius 2 is 2.27 bits per heavy atom. The highest BCUT2D eigenvalue weighted by atomic mass is 35.5. The van der Waals surface area contributed by atoms with E-state index in [0.717, 1.165) is 37.5 Å². The van der Waals surface area contributed by atoms with Gasteiger partial charge in [-0.25, -0.2) is 4.98 Å². The zero-order valence-corrected chi connectivity index (χ0v) is 13.4. The molecule has 4 nitrogen and oxygen atoms in total. The zero-order valence-electron chi connectivity index (χ0n) is 12.6. The molecule has 3 aromatic rings. The third-order valence-corrected chi connectivity index (χ3v) is 4.80. The summed E-state index contributed by atoms with van der Waals surface area (Å²) < 4.78 is 2.47. The van der Waals surface area contributed by atoms with Gasteiger partial charge in [0.25, 0.3) is 0 Å². The van der Waals surface area contributed by atoms with Crippen LogP contribution >= 0.6 is 11.6 Å². The molecule has 2 aromatic heterocycles. The van der Waals surface area contributed by atoms with Gasteiger partial charge in [-0.05, 0) is 30.8 Å². The molecule has 0 radical (unpaired) electrons. The maximum atomic E-state index is 6.23. The Balaban J connectivity index is 1.79. The van der Waals surface area contributed by atoms with Crippen molar-refractivity contribution in [3.63, 3.8) is 0 Å². The Morgan fingerprint density at radius 1 is 1.36 bits per heavy atom. The van der Waals surface area contributed by atoms with Crippen molar-refractivity contribution < 1.29 is 0 Å². The van der Waals surface area contributed by atoms with E-state index in [0.29, 0.717) is 0 Å². The molecule has 0 fully saturated rings. The predicted molar refractivity (Wildman–Crippen MR) is 89.3 cm³/mol. The second kappa shape index (κ2) is 5.45. The molecule has 0 saturated heterocycles. The van der Waals surface area contributed by atoms with Crippen LogP contribution in [-0.2, 0) is 25.9 Å². The fourth-order valence-electron chi connectivity index (χ4n) is 3.47. The van der Waals surface area contributed by atoms with Crippen LogP contribution in [0, 0.1) is 0 Å². The van der Waals surface area contributed by atoms with Crippen molar-refractivity contribution in [1.82, 2.24) is 19.4 Å². The Bertz CT molecular complexity index is 804. The maximum Gasteiger partial charge on any atom is 0.0921 e. The van der Waals surface area contributed by atoms with Crippen molar-refractivity contribution in [3.05, 3.63) is 52.7 Å². The van der Waals surface area contributed by atoms with Gasteiger partial charge in [0.1, 0.15) is 0 Å². The molecule has 0 amide bonds. The monoisotopic (exact) mass is 314 g/mol. The summed E-state index contributed by atoms with van der Waals surface area (Å²) in [5, 5.41) is 2.12. The third kappa shape index (κ3) is 2.32. The number of hydrogen-bond acceptors (Lipinski definition) is 2. The van der Waals surface area contributed by atoms with Crippen LogP contribution in [0.5, 0.6) is 0 Å². The van der Waals surface area contributed by atoms with Gasteiger partial charge in [-0.15, -0.1) is 0 Å². The number of nitrogens with one attached hydrogen (secondary N) is 1. The Kier molecular flexibility index (Phi) is 3.43. The normalized spacial score (nSPS) is 15.4. The minimum Gasteiger partial charge on any atom is -0.348 e. The molecule has 0 spiro atoms. The fraction of sp³-hybridized carbons (Fsp3) is 0.353. The van der Waals surface area contributed by atoms with E-state index in [1.165, 1.54) is 27.9 Å². The number of halogens is 1. The first-order chi connectivity index (χ1) is 10.7. The van der Waals surface area contributed by atoms with Crippen LogP contribution in [0.3, 0.4) is 0 Å². The van der Waals surface area contributed by atoms with Gasteiger partial charge in [-0.2, -0.15) is 0 Å². The van der Waals surface area contributed by atoms with Crippen molar-refractivity contribution >= 4 is 22.5 Å². The second-order valence-corrected chi connectivity index (χ2v) is 6.49. The van der Waals surface area contributed by atoms with E-state index >= 15 is 0 Å². The summed E-state index contributed by atoms with van der Waals surface area (Å²) in [5.74, 6) is 0. The summed E-state index contributed by atoms with van der Waals surface area (Å²) in [6, 6.07) is 6.26. The van der Waals surface area contributed by atoms with Gasteiger partial charge < -0.3 is 14.5 Å². The van der Waals surface area contributed by atoms with Gasteiger partial charge in [-0.1, -0.05) is 11.6 Å². The summed E-state index contributed by atoms with van der Waals surface area (Å²) in [5.41, 5.74) is 5.38. The summed E-state index contributed by atoms with van der Waals surface area (Å²) in [6.45, 7) is 3.09. The lowest BCUT2D eigenvalue weighted by molar-refractivity contribution is 0.309. The first-order valence-electron chi connectivity index (χ1n) is 7.67. The SMILES string of the molecule is CN1CCc2c(c3cc(Cl)ccc3n2CCc2cnc[nH]2)C1. The average Bonchev–Trinajstić information content (AvgIpc) is 3.11. The second-order valence-electron chi connectivity index (χ2n) is 6.05. The number of imidazole rings is 1. The minimum absolute atomic E-state index is 0.814. The van der Waals surface area contributed by atoms with Crippen LogP contribution in [0.2, 0.25) is 5.02 Å². The van der Waals surface area contributed by atoms with E-state index in [4.69, 9.17) is 11.6 Å². The average molecular weight is 315 g/mol. The number of hydrogen-bond donors (Lipinski definition) is 1. The molecular weight excluding hydrogens is 296 g/mol. The number of H-pyrrole nitrogens is 1. The summed E-state index contributed by atoms with van der Waals surface area (Å²) in [4.78, 5) is 9.67. The fourth-order valence-corrected chi connectivity index (χ4v) is 3.64. The maximum absolute atomic E-state index is 6.23. The molecular formula is C17H19ClN4. The van der Waals surface area contributed by atoms with E-state index in [1.807, 2.05) is 12.3 Å². The molecule has 114 valence electrons. The van der Waals surface area contributed by atoms with Gasteiger partial charge in [0.05, 0.1) is 6.33 Å². The molecule has 5 heteroatoms. The van der Waals surface area contributed by atoms with Crippen molar-refractivity contribution in [2.24, 2.45) is 0 Å². The lowest BCUT2D eigenvalue weighted by atomic mass is 10.1. The van der Waals surface area contributed by atoms with E-state index in [1.54, 1.807) is 6.33 Å². The lowest BCUT2D eigenvalue weighted by Crippen LogP contribution is -2.27. The molecule has 1 aliphatic rings. The van der Waals surface area contributed by atoms with Crippen molar-refractivity contribution in [2.75, 3.05) is 13.6 Å². The topological polar surface area (TPSA) is 36.9 Å². The van der Waals surface area contributed by atoms with Gasteiger partial charge in [0, 0.05) is 66.0 Å². The van der Waals surface area contributed by atoms with E-state index in [2.05, 4.69) is 38.6 Å². The highest BCUT2D eigenvalue weighted by Crippen LogP contribution is 2.32. The number of aromatic amines is 1. The number of aryl methyl sites for hydroxylation is 2. The summed E-state index contributed by atoms with van der Waals surface area (Å²) >= 11 is 6.23. The van der Waals surface area contributed by atoms with Crippen LogP contribution < -0.4 is 0 Å². The van der Waals surface area contributed by atoms with Gasteiger partial charge >= 0.3 is 0 Å². The number of likely N-dealkylation sites (N-methyl/N-ethyl adjacent to an activating group) is 1. The highest BCUT2D eigenvalue weighted by molar-refractivity contribution is 6.31. The number of aromatic nitrogens is 3. The smallest absolute Gasteiger partial charge is 0.0921 e. The van der Waals surface area contributed by atoms with E-state index < -0.39 is 0 Å².